The summed E-state index contributed by atoms with van der Waals surface area (Å²) in [5.74, 6) is 1.97. The third-order valence-electron chi connectivity index (χ3n) is 11.2. The van der Waals surface area contributed by atoms with Gasteiger partial charge < -0.3 is 0 Å². The minimum absolute atomic E-state index is 0.423. The van der Waals surface area contributed by atoms with Gasteiger partial charge in [-0.1, -0.05) is 188 Å². The Morgan fingerprint density at radius 3 is 1.41 bits per heavy atom. The molecule has 0 N–H and O–H groups in total. The van der Waals surface area contributed by atoms with Gasteiger partial charge in [0.1, 0.15) is 0 Å². The maximum atomic E-state index is 4.96. The highest BCUT2D eigenvalue weighted by Gasteiger charge is 2.46. The Labute approximate surface area is 329 Å². The molecule has 2 heterocycles. The molecule has 0 fully saturated rings. The fourth-order valence-corrected chi connectivity index (χ4v) is 9.92. The lowest BCUT2D eigenvalue weighted by molar-refractivity contribution is 0.770. The normalized spacial score (nSPS) is 12.8. The highest BCUT2D eigenvalue weighted by molar-refractivity contribution is 7.26. The van der Waals surface area contributed by atoms with Crippen LogP contribution in [0.5, 0.6) is 0 Å². The molecule has 0 unspecified atom stereocenters. The van der Waals surface area contributed by atoms with E-state index in [9.17, 15) is 0 Å². The molecule has 0 saturated heterocycles. The van der Waals surface area contributed by atoms with Crippen LogP contribution in [0.1, 0.15) is 22.3 Å². The molecule has 1 aliphatic carbocycles. The lowest BCUT2D eigenvalue weighted by atomic mass is 9.67. The zero-order valence-electron chi connectivity index (χ0n) is 30.3. The molecule has 0 spiro atoms. The Bertz CT molecular complexity index is 2960. The molecule has 8 aromatic carbocycles. The fourth-order valence-electron chi connectivity index (χ4n) is 8.75. The van der Waals surface area contributed by atoms with E-state index in [-0.39, 0.29) is 0 Å². The van der Waals surface area contributed by atoms with Gasteiger partial charge in [0.2, 0.25) is 0 Å². The average Bonchev–Trinajstić information content (AvgIpc) is 3.81. The van der Waals surface area contributed by atoms with Crippen LogP contribution in [0, 0.1) is 0 Å². The number of rotatable bonds is 6. The lowest BCUT2D eigenvalue weighted by Gasteiger charge is -2.33. The molecular weight excluding hydrogens is 699 g/mol. The largest absolute Gasteiger partial charge is 0.208 e. The van der Waals surface area contributed by atoms with Crippen molar-refractivity contribution in [2.45, 2.75) is 5.41 Å². The molecule has 56 heavy (non-hydrogen) atoms. The van der Waals surface area contributed by atoms with E-state index in [1.54, 1.807) is 0 Å². The van der Waals surface area contributed by atoms with E-state index in [4.69, 9.17) is 15.0 Å². The van der Waals surface area contributed by atoms with Crippen molar-refractivity contribution in [2.24, 2.45) is 0 Å². The number of hydrogen-bond acceptors (Lipinski definition) is 4. The zero-order chi connectivity index (χ0) is 37.1. The van der Waals surface area contributed by atoms with Crippen LogP contribution in [0.15, 0.2) is 200 Å². The standard InChI is InChI=1S/C52H33N3S/c1-4-15-35(16-5-1)49-53-50(36-17-6-2-7-18-36)55-51(54-49)37-29-27-34(28-30-37)40-23-14-26-46-48(40)43-32-31-39(33-47(43)56-46)52(38-19-8-3-9-20-38)44-24-12-10-21-41(44)42-22-11-13-25-45(42)52/h1-33H. The Morgan fingerprint density at radius 1 is 0.339 bits per heavy atom. The van der Waals surface area contributed by atoms with Crippen molar-refractivity contribution in [3.05, 3.63) is 222 Å². The van der Waals surface area contributed by atoms with Crippen LogP contribution in [0.25, 0.3) is 76.6 Å². The molecule has 4 heteroatoms. The van der Waals surface area contributed by atoms with Gasteiger partial charge in [0.15, 0.2) is 17.5 Å². The monoisotopic (exact) mass is 731 g/mol. The Hall–Kier alpha value is -7.01. The summed E-state index contributed by atoms with van der Waals surface area (Å²) in [4.78, 5) is 14.8. The number of benzene rings is 8. The Balaban J connectivity index is 1.03. The van der Waals surface area contributed by atoms with E-state index in [1.165, 1.54) is 59.1 Å². The molecule has 11 rings (SSSR count). The molecule has 0 atom stereocenters. The zero-order valence-corrected chi connectivity index (χ0v) is 31.1. The van der Waals surface area contributed by atoms with Crippen LogP contribution in [0.4, 0.5) is 0 Å². The molecule has 262 valence electrons. The Morgan fingerprint density at radius 2 is 0.821 bits per heavy atom. The first-order valence-corrected chi connectivity index (χ1v) is 19.8. The van der Waals surface area contributed by atoms with E-state index in [0.717, 1.165) is 22.3 Å². The van der Waals surface area contributed by atoms with Crippen molar-refractivity contribution in [1.29, 1.82) is 0 Å². The predicted octanol–water partition coefficient (Wildman–Crippen LogP) is 13.3. The van der Waals surface area contributed by atoms with E-state index in [1.807, 2.05) is 72.0 Å². The molecule has 0 aliphatic heterocycles. The van der Waals surface area contributed by atoms with Crippen molar-refractivity contribution in [3.63, 3.8) is 0 Å². The van der Waals surface area contributed by atoms with Crippen molar-refractivity contribution in [1.82, 2.24) is 15.0 Å². The fraction of sp³-hybridized carbons (Fsp3) is 0.0192. The Kier molecular flexibility index (Phi) is 7.58. The molecule has 0 amide bonds. The van der Waals surface area contributed by atoms with Gasteiger partial charge in [-0.2, -0.15) is 0 Å². The van der Waals surface area contributed by atoms with Gasteiger partial charge in [0, 0.05) is 36.9 Å². The summed E-state index contributed by atoms with van der Waals surface area (Å²) in [6.07, 6.45) is 0. The molecule has 0 saturated carbocycles. The summed E-state index contributed by atoms with van der Waals surface area (Å²) in [6, 6.07) is 71.7. The van der Waals surface area contributed by atoms with Crippen molar-refractivity contribution < 1.29 is 0 Å². The summed E-state index contributed by atoms with van der Waals surface area (Å²) in [5, 5.41) is 2.55. The molecule has 3 nitrogen and oxygen atoms in total. The first-order chi connectivity index (χ1) is 27.8. The second-order valence-corrected chi connectivity index (χ2v) is 15.4. The van der Waals surface area contributed by atoms with E-state index in [0.29, 0.717) is 17.5 Å². The van der Waals surface area contributed by atoms with Crippen LogP contribution < -0.4 is 0 Å². The summed E-state index contributed by atoms with van der Waals surface area (Å²) < 4.78 is 2.56. The van der Waals surface area contributed by atoms with Gasteiger partial charge in [0.25, 0.3) is 0 Å². The smallest absolute Gasteiger partial charge is 0.164 e. The minimum Gasteiger partial charge on any atom is -0.208 e. The number of thiophene rings is 1. The highest BCUT2D eigenvalue weighted by atomic mass is 32.1. The third kappa shape index (κ3) is 5.07. The summed E-state index contributed by atoms with van der Waals surface area (Å²) in [7, 11) is 0. The second kappa shape index (κ2) is 13.1. The summed E-state index contributed by atoms with van der Waals surface area (Å²) in [6.45, 7) is 0. The van der Waals surface area contributed by atoms with E-state index < -0.39 is 5.41 Å². The lowest BCUT2D eigenvalue weighted by Crippen LogP contribution is -2.28. The molecule has 0 radical (unpaired) electrons. The minimum atomic E-state index is -0.423. The number of fused-ring (bicyclic) bond motifs is 6. The maximum Gasteiger partial charge on any atom is 0.164 e. The van der Waals surface area contributed by atoms with Crippen molar-refractivity contribution in [2.75, 3.05) is 0 Å². The van der Waals surface area contributed by atoms with Crippen LogP contribution in [-0.4, -0.2) is 15.0 Å². The van der Waals surface area contributed by atoms with E-state index in [2.05, 4.69) is 140 Å². The second-order valence-electron chi connectivity index (χ2n) is 14.3. The SMILES string of the molecule is c1ccc(-c2nc(-c3ccccc3)nc(-c3ccc(-c4cccc5sc6cc(C7(c8ccccc8)c8ccccc8-c8ccccc87)ccc6c45)cc3)n2)cc1. The van der Waals surface area contributed by atoms with Crippen molar-refractivity contribution in [3.8, 4) is 56.4 Å². The quantitative estimate of drug-likeness (QED) is 0.171. The molecule has 10 aromatic rings. The van der Waals surface area contributed by atoms with Gasteiger partial charge in [-0.25, -0.2) is 15.0 Å². The van der Waals surface area contributed by atoms with Crippen molar-refractivity contribution >= 4 is 31.5 Å². The van der Waals surface area contributed by atoms with Gasteiger partial charge in [0.05, 0.1) is 5.41 Å². The third-order valence-corrected chi connectivity index (χ3v) is 12.4. The van der Waals surface area contributed by atoms with Gasteiger partial charge in [-0.3, -0.25) is 0 Å². The molecule has 2 aromatic heterocycles. The van der Waals surface area contributed by atoms with Gasteiger partial charge in [-0.05, 0) is 56.6 Å². The predicted molar refractivity (Wildman–Crippen MR) is 232 cm³/mol. The summed E-state index contributed by atoms with van der Waals surface area (Å²) in [5.41, 5.74) is 12.6. The van der Waals surface area contributed by atoms with Crippen LogP contribution in [0.3, 0.4) is 0 Å². The topological polar surface area (TPSA) is 38.7 Å². The first kappa shape index (κ1) is 32.4. The van der Waals surface area contributed by atoms with Crippen LogP contribution in [0.2, 0.25) is 0 Å². The summed E-state index contributed by atoms with van der Waals surface area (Å²) >= 11 is 1.87. The maximum absolute atomic E-state index is 4.96. The molecule has 1 aliphatic rings. The van der Waals surface area contributed by atoms with Gasteiger partial charge >= 0.3 is 0 Å². The molecule has 0 bridgehead atoms. The average molecular weight is 732 g/mol. The molecular formula is C52H33N3S. The highest BCUT2D eigenvalue weighted by Crippen LogP contribution is 2.56. The number of nitrogens with zero attached hydrogens (tertiary/aromatic N) is 3. The number of hydrogen-bond donors (Lipinski definition) is 0. The van der Waals surface area contributed by atoms with Crippen LogP contribution >= 0.6 is 11.3 Å². The number of aromatic nitrogens is 3. The van der Waals surface area contributed by atoms with Crippen LogP contribution in [-0.2, 0) is 5.41 Å². The van der Waals surface area contributed by atoms with E-state index >= 15 is 0 Å². The first-order valence-electron chi connectivity index (χ1n) is 18.9. The van der Waals surface area contributed by atoms with Gasteiger partial charge in [-0.15, -0.1) is 11.3 Å².